The maximum absolute atomic E-state index is 12.6. The standard InChI is InChI=1S/C10H6F5NO2/c11-9(12,10(13,14)15)8(18)16-7-3-1-6(5-17)2-4-7/h1-5H,(H,16,18). The molecule has 0 radical (unpaired) electrons. The van der Waals surface area contributed by atoms with Crippen LogP contribution in [0.2, 0.25) is 0 Å². The van der Waals surface area contributed by atoms with Gasteiger partial charge >= 0.3 is 18.0 Å². The summed E-state index contributed by atoms with van der Waals surface area (Å²) in [5, 5.41) is 1.42. The summed E-state index contributed by atoms with van der Waals surface area (Å²) in [6.07, 6.45) is -5.50. The van der Waals surface area contributed by atoms with E-state index in [0.717, 1.165) is 24.3 Å². The van der Waals surface area contributed by atoms with Crippen LogP contribution >= 0.6 is 0 Å². The Morgan fingerprint density at radius 2 is 1.56 bits per heavy atom. The first kappa shape index (κ1) is 14.1. The minimum Gasteiger partial charge on any atom is -0.321 e. The van der Waals surface area contributed by atoms with Crippen molar-refractivity contribution in [1.29, 1.82) is 0 Å². The summed E-state index contributed by atoms with van der Waals surface area (Å²) in [5.74, 6) is -7.95. The molecule has 1 aromatic rings. The molecule has 0 bridgehead atoms. The number of carbonyl (C=O) groups excluding carboxylic acids is 2. The maximum Gasteiger partial charge on any atom is 0.463 e. The molecule has 0 heterocycles. The lowest BCUT2D eigenvalue weighted by atomic mass is 10.2. The Morgan fingerprint density at radius 1 is 1.06 bits per heavy atom. The molecule has 0 unspecified atom stereocenters. The van der Waals surface area contributed by atoms with Crippen molar-refractivity contribution in [2.75, 3.05) is 5.32 Å². The van der Waals surface area contributed by atoms with E-state index in [1.54, 1.807) is 0 Å². The Bertz CT molecular complexity index is 452. The van der Waals surface area contributed by atoms with Gasteiger partial charge in [0.25, 0.3) is 0 Å². The summed E-state index contributed by atoms with van der Waals surface area (Å²) < 4.78 is 60.7. The van der Waals surface area contributed by atoms with Crippen LogP contribution in [-0.2, 0) is 4.79 Å². The molecule has 0 saturated heterocycles. The van der Waals surface area contributed by atoms with Crippen LogP contribution in [0.15, 0.2) is 24.3 Å². The highest BCUT2D eigenvalue weighted by atomic mass is 19.4. The van der Waals surface area contributed by atoms with Crippen LogP contribution in [0.25, 0.3) is 0 Å². The van der Waals surface area contributed by atoms with Gasteiger partial charge in [-0.25, -0.2) is 0 Å². The molecule has 0 spiro atoms. The highest BCUT2D eigenvalue weighted by Gasteiger charge is 2.63. The number of amides is 1. The summed E-state index contributed by atoms with van der Waals surface area (Å²) in [6.45, 7) is 0. The van der Waals surface area contributed by atoms with Gasteiger partial charge in [0.05, 0.1) is 0 Å². The molecule has 0 saturated carbocycles. The van der Waals surface area contributed by atoms with Gasteiger partial charge in [-0.3, -0.25) is 9.59 Å². The zero-order valence-corrected chi connectivity index (χ0v) is 8.59. The van der Waals surface area contributed by atoms with Gasteiger partial charge in [0.1, 0.15) is 6.29 Å². The van der Waals surface area contributed by atoms with Crippen molar-refractivity contribution in [2.45, 2.75) is 12.1 Å². The fraction of sp³-hybridized carbons (Fsp3) is 0.200. The van der Waals surface area contributed by atoms with Gasteiger partial charge in [-0.2, -0.15) is 22.0 Å². The minimum atomic E-state index is -5.96. The lowest BCUT2D eigenvalue weighted by Crippen LogP contribution is -2.47. The topological polar surface area (TPSA) is 46.2 Å². The highest BCUT2D eigenvalue weighted by Crippen LogP contribution is 2.36. The van der Waals surface area contributed by atoms with E-state index in [2.05, 4.69) is 0 Å². The number of aldehydes is 1. The molecular weight excluding hydrogens is 261 g/mol. The summed E-state index contributed by atoms with van der Waals surface area (Å²) in [7, 11) is 0. The van der Waals surface area contributed by atoms with Crippen LogP contribution in [-0.4, -0.2) is 24.3 Å². The van der Waals surface area contributed by atoms with Crippen molar-refractivity contribution in [1.82, 2.24) is 0 Å². The molecule has 0 aliphatic carbocycles. The van der Waals surface area contributed by atoms with Crippen molar-refractivity contribution >= 4 is 17.9 Å². The van der Waals surface area contributed by atoms with Crippen LogP contribution in [0.5, 0.6) is 0 Å². The minimum absolute atomic E-state index is 0.190. The average molecular weight is 267 g/mol. The molecule has 98 valence electrons. The Balaban J connectivity index is 2.84. The summed E-state index contributed by atoms with van der Waals surface area (Å²) in [5.41, 5.74) is -0.0786. The molecule has 1 N–H and O–H groups in total. The zero-order chi connectivity index (χ0) is 14.0. The second kappa shape index (κ2) is 4.71. The number of benzene rings is 1. The van der Waals surface area contributed by atoms with Crippen LogP contribution in [0.3, 0.4) is 0 Å². The number of nitrogens with one attached hydrogen (secondary N) is 1. The van der Waals surface area contributed by atoms with Crippen molar-refractivity contribution in [3.63, 3.8) is 0 Å². The van der Waals surface area contributed by atoms with E-state index in [1.165, 1.54) is 5.32 Å². The zero-order valence-electron chi connectivity index (χ0n) is 8.59. The Kier molecular flexibility index (Phi) is 3.68. The number of hydrogen-bond acceptors (Lipinski definition) is 2. The highest BCUT2D eigenvalue weighted by molar-refractivity contribution is 5.96. The van der Waals surface area contributed by atoms with E-state index in [4.69, 9.17) is 0 Å². The third-order valence-corrected chi connectivity index (χ3v) is 1.95. The van der Waals surface area contributed by atoms with E-state index in [1.807, 2.05) is 0 Å². The van der Waals surface area contributed by atoms with E-state index < -0.39 is 18.0 Å². The molecule has 1 rings (SSSR count). The number of anilines is 1. The monoisotopic (exact) mass is 267 g/mol. The fourth-order valence-electron chi connectivity index (χ4n) is 0.983. The van der Waals surface area contributed by atoms with Gasteiger partial charge in [-0.1, -0.05) is 0 Å². The predicted molar refractivity (Wildman–Crippen MR) is 51.5 cm³/mol. The predicted octanol–water partition coefficient (Wildman–Crippen LogP) is 2.64. The first-order valence-corrected chi connectivity index (χ1v) is 4.49. The maximum atomic E-state index is 12.6. The third-order valence-electron chi connectivity index (χ3n) is 1.95. The number of halogens is 5. The fourth-order valence-corrected chi connectivity index (χ4v) is 0.983. The van der Waals surface area contributed by atoms with Gasteiger partial charge in [0.15, 0.2) is 0 Å². The van der Waals surface area contributed by atoms with Crippen molar-refractivity contribution in [2.24, 2.45) is 0 Å². The molecule has 0 aromatic heterocycles. The van der Waals surface area contributed by atoms with E-state index in [9.17, 15) is 31.5 Å². The molecule has 0 aliphatic rings. The lowest BCUT2D eigenvalue weighted by Gasteiger charge is -2.18. The van der Waals surface area contributed by atoms with E-state index in [-0.39, 0.29) is 11.3 Å². The average Bonchev–Trinajstić information content (AvgIpc) is 2.28. The number of hydrogen-bond donors (Lipinski definition) is 1. The Hall–Kier alpha value is -1.99. The molecule has 0 atom stereocenters. The van der Waals surface area contributed by atoms with Gasteiger partial charge < -0.3 is 5.32 Å². The smallest absolute Gasteiger partial charge is 0.321 e. The van der Waals surface area contributed by atoms with Crippen molar-refractivity contribution in [3.8, 4) is 0 Å². The first-order chi connectivity index (χ1) is 8.18. The summed E-state index contributed by atoms with van der Waals surface area (Å²) in [4.78, 5) is 21.1. The lowest BCUT2D eigenvalue weighted by molar-refractivity contribution is -0.267. The second-order valence-electron chi connectivity index (χ2n) is 3.27. The Morgan fingerprint density at radius 3 is 1.94 bits per heavy atom. The number of alkyl halides is 5. The quantitative estimate of drug-likeness (QED) is 0.676. The summed E-state index contributed by atoms with van der Waals surface area (Å²) in [6, 6.07) is 4.39. The molecule has 18 heavy (non-hydrogen) atoms. The molecule has 3 nitrogen and oxygen atoms in total. The van der Waals surface area contributed by atoms with Gasteiger partial charge in [-0.05, 0) is 24.3 Å². The number of rotatable bonds is 3. The SMILES string of the molecule is O=Cc1ccc(NC(=O)C(F)(F)C(F)(F)F)cc1. The van der Waals surface area contributed by atoms with Crippen LogP contribution in [0.4, 0.5) is 27.6 Å². The van der Waals surface area contributed by atoms with Crippen LogP contribution in [0.1, 0.15) is 10.4 Å². The van der Waals surface area contributed by atoms with Crippen LogP contribution < -0.4 is 5.32 Å². The first-order valence-electron chi connectivity index (χ1n) is 4.49. The summed E-state index contributed by atoms with van der Waals surface area (Å²) >= 11 is 0. The van der Waals surface area contributed by atoms with Gasteiger partial charge in [0, 0.05) is 11.3 Å². The molecule has 1 amide bonds. The third kappa shape index (κ3) is 2.82. The number of carbonyl (C=O) groups is 2. The van der Waals surface area contributed by atoms with E-state index >= 15 is 0 Å². The molecular formula is C10H6F5NO2. The normalized spacial score (nSPS) is 12.1. The van der Waals surface area contributed by atoms with E-state index in [0.29, 0.717) is 6.29 Å². The molecule has 1 aromatic carbocycles. The molecule has 0 aliphatic heterocycles. The van der Waals surface area contributed by atoms with Gasteiger partial charge in [0.2, 0.25) is 0 Å². The van der Waals surface area contributed by atoms with Gasteiger partial charge in [-0.15, -0.1) is 0 Å². The van der Waals surface area contributed by atoms with Crippen molar-refractivity contribution in [3.05, 3.63) is 29.8 Å². The molecule has 8 heteroatoms. The largest absolute Gasteiger partial charge is 0.463 e. The Labute approximate surface area is 97.6 Å². The second-order valence-corrected chi connectivity index (χ2v) is 3.27. The van der Waals surface area contributed by atoms with Crippen LogP contribution in [0, 0.1) is 0 Å². The van der Waals surface area contributed by atoms with Crippen molar-refractivity contribution < 1.29 is 31.5 Å². The molecule has 0 fully saturated rings.